The topological polar surface area (TPSA) is 37.4 Å². The lowest BCUT2D eigenvalue weighted by atomic mass is 10.2. The van der Waals surface area contributed by atoms with Gasteiger partial charge in [-0.2, -0.15) is 0 Å². The summed E-state index contributed by atoms with van der Waals surface area (Å²) < 4.78 is 6.46. The number of ether oxygens (including phenoxy) is 1. The number of thiazole rings is 1. The molecule has 0 radical (unpaired) electrons. The number of halogens is 1. The highest BCUT2D eigenvalue weighted by atomic mass is 35.5. The van der Waals surface area contributed by atoms with Crippen molar-refractivity contribution in [3.63, 3.8) is 0 Å². The average Bonchev–Trinajstić information content (AvgIpc) is 2.79. The summed E-state index contributed by atoms with van der Waals surface area (Å²) in [5.74, 6) is 0.901. The Bertz CT molecular complexity index is 575. The second-order valence-electron chi connectivity index (χ2n) is 5.03. The number of nitrogens with zero attached hydrogens (tertiary/aromatic N) is 2. The molecule has 20 heavy (non-hydrogen) atoms. The molecule has 1 atom stereocenters. The van der Waals surface area contributed by atoms with Crippen LogP contribution in [0.3, 0.4) is 0 Å². The zero-order chi connectivity index (χ0) is 13.2. The van der Waals surface area contributed by atoms with E-state index < -0.39 is 0 Å². The lowest BCUT2D eigenvalue weighted by Gasteiger charge is -2.31. The Morgan fingerprint density at radius 2 is 2.35 bits per heavy atom. The minimum absolute atomic E-state index is 0. The van der Waals surface area contributed by atoms with Crippen LogP contribution in [0.5, 0.6) is 5.75 Å². The molecular weight excluding hydrogens is 294 g/mol. The van der Waals surface area contributed by atoms with Crippen LogP contribution in [0.15, 0.2) is 18.2 Å². The molecular formula is C14H20ClN3OS. The Hall–Kier alpha value is -0.880. The first-order chi connectivity index (χ1) is 9.24. The highest BCUT2D eigenvalue weighted by Gasteiger charge is 2.17. The Labute approximate surface area is 129 Å². The van der Waals surface area contributed by atoms with E-state index in [2.05, 4.69) is 23.2 Å². The van der Waals surface area contributed by atoms with E-state index in [-0.39, 0.29) is 12.4 Å². The average molecular weight is 314 g/mol. The molecule has 0 amide bonds. The van der Waals surface area contributed by atoms with E-state index in [0.717, 1.165) is 37.4 Å². The van der Waals surface area contributed by atoms with Gasteiger partial charge in [-0.05, 0) is 25.1 Å². The van der Waals surface area contributed by atoms with Crippen molar-refractivity contribution >= 4 is 34.0 Å². The van der Waals surface area contributed by atoms with Gasteiger partial charge >= 0.3 is 0 Å². The van der Waals surface area contributed by atoms with Crippen LogP contribution >= 0.6 is 23.7 Å². The van der Waals surface area contributed by atoms with Crippen LogP contribution in [0.1, 0.15) is 11.9 Å². The molecule has 1 aromatic carbocycles. The lowest BCUT2D eigenvalue weighted by molar-refractivity contribution is 0.199. The van der Waals surface area contributed by atoms with E-state index in [1.54, 1.807) is 18.4 Å². The number of hydrogen-bond acceptors (Lipinski definition) is 5. The summed E-state index contributed by atoms with van der Waals surface area (Å²) >= 11 is 1.77. The zero-order valence-electron chi connectivity index (χ0n) is 11.8. The van der Waals surface area contributed by atoms with Crippen molar-refractivity contribution in [1.82, 2.24) is 15.2 Å². The number of methoxy groups -OCH3 is 1. The van der Waals surface area contributed by atoms with E-state index in [9.17, 15) is 0 Å². The van der Waals surface area contributed by atoms with Gasteiger partial charge in [-0.3, -0.25) is 4.90 Å². The number of rotatable bonds is 3. The molecule has 2 heterocycles. The first-order valence-electron chi connectivity index (χ1n) is 6.64. The minimum Gasteiger partial charge on any atom is -0.497 e. The first-order valence-corrected chi connectivity index (χ1v) is 7.45. The number of benzene rings is 1. The lowest BCUT2D eigenvalue weighted by Crippen LogP contribution is -2.48. The van der Waals surface area contributed by atoms with E-state index in [1.807, 2.05) is 12.1 Å². The molecule has 0 spiro atoms. The van der Waals surface area contributed by atoms with Gasteiger partial charge in [0.25, 0.3) is 0 Å². The number of piperazine rings is 1. The van der Waals surface area contributed by atoms with Crippen molar-refractivity contribution in [2.24, 2.45) is 0 Å². The monoisotopic (exact) mass is 313 g/mol. The van der Waals surface area contributed by atoms with Crippen LogP contribution in [0.2, 0.25) is 0 Å². The Morgan fingerprint density at radius 1 is 1.50 bits per heavy atom. The molecule has 1 aromatic heterocycles. The van der Waals surface area contributed by atoms with Gasteiger partial charge in [0.05, 0.1) is 23.9 Å². The third-order valence-electron chi connectivity index (χ3n) is 3.45. The molecule has 1 saturated heterocycles. The summed E-state index contributed by atoms with van der Waals surface area (Å²) in [4.78, 5) is 7.18. The molecule has 0 bridgehead atoms. The maximum absolute atomic E-state index is 5.26. The predicted molar refractivity (Wildman–Crippen MR) is 86.2 cm³/mol. The van der Waals surface area contributed by atoms with E-state index in [0.29, 0.717) is 6.04 Å². The number of aromatic nitrogens is 1. The van der Waals surface area contributed by atoms with Crippen molar-refractivity contribution in [2.45, 2.75) is 19.5 Å². The molecule has 4 nitrogen and oxygen atoms in total. The summed E-state index contributed by atoms with van der Waals surface area (Å²) in [6, 6.07) is 6.65. The van der Waals surface area contributed by atoms with Crippen LogP contribution in [-0.4, -0.2) is 42.7 Å². The summed E-state index contributed by atoms with van der Waals surface area (Å²) in [6.07, 6.45) is 0. The van der Waals surface area contributed by atoms with Gasteiger partial charge in [-0.1, -0.05) is 0 Å². The quantitative estimate of drug-likeness (QED) is 0.945. The molecule has 0 unspecified atom stereocenters. The molecule has 0 saturated carbocycles. The number of fused-ring (bicyclic) bond motifs is 1. The Kier molecular flexibility index (Phi) is 5.21. The van der Waals surface area contributed by atoms with Gasteiger partial charge in [0.1, 0.15) is 10.8 Å². The third kappa shape index (κ3) is 3.41. The molecule has 1 fully saturated rings. The second kappa shape index (κ2) is 6.72. The maximum atomic E-state index is 5.26. The summed E-state index contributed by atoms with van der Waals surface area (Å²) in [5, 5.41) is 4.66. The molecule has 1 N–H and O–H groups in total. The zero-order valence-corrected chi connectivity index (χ0v) is 13.4. The van der Waals surface area contributed by atoms with Crippen molar-refractivity contribution in [2.75, 3.05) is 26.7 Å². The van der Waals surface area contributed by atoms with Crippen molar-refractivity contribution in [3.8, 4) is 5.75 Å². The number of nitrogens with one attached hydrogen (secondary N) is 1. The summed E-state index contributed by atoms with van der Waals surface area (Å²) in [6.45, 7) is 6.45. The highest BCUT2D eigenvalue weighted by molar-refractivity contribution is 7.18. The van der Waals surface area contributed by atoms with Gasteiger partial charge in [0.2, 0.25) is 0 Å². The SMILES string of the molecule is COc1ccc2nc(CN3CCN[C@@H](C)C3)sc2c1.Cl. The van der Waals surface area contributed by atoms with Crippen molar-refractivity contribution < 1.29 is 4.74 Å². The van der Waals surface area contributed by atoms with Gasteiger partial charge in [0, 0.05) is 25.7 Å². The van der Waals surface area contributed by atoms with Crippen LogP contribution in [0.4, 0.5) is 0 Å². The fraction of sp³-hybridized carbons (Fsp3) is 0.500. The molecule has 2 aromatic rings. The molecule has 1 aliphatic heterocycles. The molecule has 0 aliphatic carbocycles. The van der Waals surface area contributed by atoms with Gasteiger partial charge < -0.3 is 10.1 Å². The van der Waals surface area contributed by atoms with E-state index in [1.165, 1.54) is 9.71 Å². The smallest absolute Gasteiger partial charge is 0.120 e. The highest BCUT2D eigenvalue weighted by Crippen LogP contribution is 2.27. The first kappa shape index (κ1) is 15.5. The largest absolute Gasteiger partial charge is 0.497 e. The van der Waals surface area contributed by atoms with Gasteiger partial charge in [-0.25, -0.2) is 4.98 Å². The van der Waals surface area contributed by atoms with Crippen LogP contribution < -0.4 is 10.1 Å². The van der Waals surface area contributed by atoms with Crippen LogP contribution in [0.25, 0.3) is 10.2 Å². The fourth-order valence-corrected chi connectivity index (χ4v) is 3.53. The normalized spacial score (nSPS) is 19.8. The molecule has 6 heteroatoms. The number of hydrogen-bond donors (Lipinski definition) is 1. The van der Waals surface area contributed by atoms with Crippen molar-refractivity contribution in [1.29, 1.82) is 0 Å². The summed E-state index contributed by atoms with van der Waals surface area (Å²) in [5.41, 5.74) is 1.07. The Balaban J connectivity index is 0.00000147. The maximum Gasteiger partial charge on any atom is 0.120 e. The van der Waals surface area contributed by atoms with Crippen molar-refractivity contribution in [3.05, 3.63) is 23.2 Å². The van der Waals surface area contributed by atoms with Gasteiger partial charge in [-0.15, -0.1) is 23.7 Å². The predicted octanol–water partition coefficient (Wildman–Crippen LogP) is 2.52. The molecule has 3 rings (SSSR count). The third-order valence-corrected chi connectivity index (χ3v) is 4.45. The molecule has 1 aliphatic rings. The molecule has 110 valence electrons. The van der Waals surface area contributed by atoms with Crippen LogP contribution in [-0.2, 0) is 6.54 Å². The van der Waals surface area contributed by atoms with Crippen LogP contribution in [0, 0.1) is 0 Å². The van der Waals surface area contributed by atoms with E-state index in [4.69, 9.17) is 9.72 Å². The standard InChI is InChI=1S/C14H19N3OS.ClH/c1-10-8-17(6-5-15-10)9-14-16-12-4-3-11(18-2)7-13(12)19-14;/h3-4,7,10,15H,5-6,8-9H2,1-2H3;1H/t10-;/m0./s1. The Morgan fingerprint density at radius 3 is 3.10 bits per heavy atom. The van der Waals surface area contributed by atoms with Gasteiger partial charge in [0.15, 0.2) is 0 Å². The second-order valence-corrected chi connectivity index (χ2v) is 6.15. The summed E-state index contributed by atoms with van der Waals surface area (Å²) in [7, 11) is 1.70. The van der Waals surface area contributed by atoms with E-state index >= 15 is 0 Å². The minimum atomic E-state index is 0. The fourth-order valence-electron chi connectivity index (χ4n) is 2.49.